The van der Waals surface area contributed by atoms with Gasteiger partial charge in [-0.05, 0) is 18.8 Å². The maximum Gasteiger partial charge on any atom is 0.219 e. The first kappa shape index (κ1) is 14.7. The summed E-state index contributed by atoms with van der Waals surface area (Å²) in [6.07, 6.45) is 1.81. The second-order valence-corrected chi connectivity index (χ2v) is 4.39. The van der Waals surface area contributed by atoms with Gasteiger partial charge in [0.15, 0.2) is 5.96 Å². The predicted octanol–water partition coefficient (Wildman–Crippen LogP) is 0.543. The topological polar surface area (TPSA) is 84.7 Å². The van der Waals surface area contributed by atoms with Crippen molar-refractivity contribution in [1.29, 1.82) is 0 Å². The van der Waals surface area contributed by atoms with Crippen LogP contribution < -0.4 is 11.5 Å². The zero-order chi connectivity index (χ0) is 12.7. The summed E-state index contributed by atoms with van der Waals surface area (Å²) in [4.78, 5) is 17.0. The van der Waals surface area contributed by atoms with Gasteiger partial charge in [0.1, 0.15) is 0 Å². The van der Waals surface area contributed by atoms with Crippen LogP contribution in [0.1, 0.15) is 33.6 Å². The molecule has 94 valence electrons. The Morgan fingerprint density at radius 2 is 1.94 bits per heavy atom. The molecule has 0 saturated heterocycles. The number of nitrogens with zero attached hydrogens (tertiary/aromatic N) is 2. The van der Waals surface area contributed by atoms with E-state index in [9.17, 15) is 4.79 Å². The fraction of sp³-hybridized carbons (Fsp3) is 0.818. The van der Waals surface area contributed by atoms with Gasteiger partial charge in [0.2, 0.25) is 5.91 Å². The summed E-state index contributed by atoms with van der Waals surface area (Å²) in [6, 6.07) is 0.256. The highest BCUT2D eigenvalue weighted by atomic mass is 16.2. The van der Waals surface area contributed by atoms with E-state index in [1.807, 2.05) is 7.05 Å². The summed E-state index contributed by atoms with van der Waals surface area (Å²) in [5, 5.41) is 0. The van der Waals surface area contributed by atoms with Crippen molar-refractivity contribution in [2.24, 2.45) is 22.4 Å². The molecule has 0 fully saturated rings. The summed E-state index contributed by atoms with van der Waals surface area (Å²) in [5.74, 6) is 0.662. The number of rotatable bonds is 6. The molecule has 16 heavy (non-hydrogen) atoms. The zero-order valence-electron chi connectivity index (χ0n) is 10.7. The number of nitrogens with two attached hydrogens (primary N) is 2. The third kappa shape index (κ3) is 5.58. The third-order valence-electron chi connectivity index (χ3n) is 2.72. The average Bonchev–Trinajstić information content (AvgIpc) is 2.15. The van der Waals surface area contributed by atoms with Gasteiger partial charge in [0, 0.05) is 26.6 Å². The molecule has 5 nitrogen and oxygen atoms in total. The van der Waals surface area contributed by atoms with Crippen molar-refractivity contribution < 1.29 is 4.79 Å². The highest BCUT2D eigenvalue weighted by Gasteiger charge is 2.19. The second kappa shape index (κ2) is 7.09. The first-order valence-corrected chi connectivity index (χ1v) is 5.65. The summed E-state index contributed by atoms with van der Waals surface area (Å²) in [5.41, 5.74) is 10.5. The van der Waals surface area contributed by atoms with E-state index in [4.69, 9.17) is 11.5 Å². The molecule has 0 aromatic heterocycles. The standard InChI is InChI=1S/C11H24N4O/c1-8(2)10(15(4)9(3)16)6-5-7-14-11(12)13/h8,10H,5-7H2,1-4H3,(H4,12,13,14). The van der Waals surface area contributed by atoms with Crippen LogP contribution in [0.3, 0.4) is 0 Å². The van der Waals surface area contributed by atoms with E-state index < -0.39 is 0 Å². The minimum Gasteiger partial charge on any atom is -0.370 e. The Balaban J connectivity index is 4.15. The molecule has 4 N–H and O–H groups in total. The normalized spacial score (nSPS) is 12.3. The van der Waals surface area contributed by atoms with Gasteiger partial charge >= 0.3 is 0 Å². The van der Waals surface area contributed by atoms with Crippen molar-refractivity contribution in [3.8, 4) is 0 Å². The van der Waals surface area contributed by atoms with E-state index >= 15 is 0 Å². The molecule has 1 atom stereocenters. The molecule has 0 heterocycles. The lowest BCUT2D eigenvalue weighted by Gasteiger charge is -2.30. The molecule has 0 spiro atoms. The number of guanidine groups is 1. The Kier molecular flexibility index (Phi) is 6.53. The Morgan fingerprint density at radius 3 is 2.31 bits per heavy atom. The van der Waals surface area contributed by atoms with Gasteiger partial charge in [-0.25, -0.2) is 0 Å². The number of carbonyl (C=O) groups is 1. The number of amides is 1. The monoisotopic (exact) mass is 228 g/mol. The van der Waals surface area contributed by atoms with Crippen molar-refractivity contribution in [1.82, 2.24) is 4.90 Å². The minimum atomic E-state index is 0.0977. The van der Waals surface area contributed by atoms with Crippen LogP contribution in [-0.4, -0.2) is 36.4 Å². The van der Waals surface area contributed by atoms with Crippen molar-refractivity contribution in [3.05, 3.63) is 0 Å². The molecule has 1 unspecified atom stereocenters. The largest absolute Gasteiger partial charge is 0.370 e. The van der Waals surface area contributed by atoms with E-state index in [0.717, 1.165) is 12.8 Å². The van der Waals surface area contributed by atoms with E-state index in [-0.39, 0.29) is 17.9 Å². The van der Waals surface area contributed by atoms with Crippen LogP contribution in [0, 0.1) is 5.92 Å². The van der Waals surface area contributed by atoms with Crippen LogP contribution >= 0.6 is 0 Å². The van der Waals surface area contributed by atoms with Gasteiger partial charge in [0.05, 0.1) is 0 Å². The molecular weight excluding hydrogens is 204 g/mol. The molecule has 0 aromatic rings. The molecule has 0 aliphatic heterocycles. The Labute approximate surface area is 97.9 Å². The van der Waals surface area contributed by atoms with Gasteiger partial charge in [-0.1, -0.05) is 13.8 Å². The average molecular weight is 228 g/mol. The Hall–Kier alpha value is -1.26. The molecule has 0 saturated carbocycles. The molecule has 5 heteroatoms. The maximum atomic E-state index is 11.3. The van der Waals surface area contributed by atoms with Crippen LogP contribution in [0.5, 0.6) is 0 Å². The van der Waals surface area contributed by atoms with Gasteiger partial charge in [-0.2, -0.15) is 0 Å². The van der Waals surface area contributed by atoms with Gasteiger partial charge in [-0.15, -0.1) is 0 Å². The number of aliphatic imine (C=N–C) groups is 1. The van der Waals surface area contributed by atoms with Crippen molar-refractivity contribution in [3.63, 3.8) is 0 Å². The van der Waals surface area contributed by atoms with Crippen LogP contribution in [-0.2, 0) is 4.79 Å². The highest BCUT2D eigenvalue weighted by molar-refractivity contribution is 5.75. The molecule has 0 aliphatic rings. The van der Waals surface area contributed by atoms with E-state index in [0.29, 0.717) is 12.5 Å². The lowest BCUT2D eigenvalue weighted by Crippen LogP contribution is -2.39. The number of hydrogen-bond donors (Lipinski definition) is 2. The quantitative estimate of drug-likeness (QED) is 0.395. The zero-order valence-corrected chi connectivity index (χ0v) is 10.7. The van der Waals surface area contributed by atoms with Crippen LogP contribution in [0.15, 0.2) is 4.99 Å². The highest BCUT2D eigenvalue weighted by Crippen LogP contribution is 2.15. The molecule has 0 aromatic carbocycles. The smallest absolute Gasteiger partial charge is 0.219 e. The van der Waals surface area contributed by atoms with Crippen LogP contribution in [0.2, 0.25) is 0 Å². The van der Waals surface area contributed by atoms with Gasteiger partial charge < -0.3 is 16.4 Å². The van der Waals surface area contributed by atoms with E-state index in [1.54, 1.807) is 11.8 Å². The summed E-state index contributed by atoms with van der Waals surface area (Å²) in [6.45, 7) is 6.44. The fourth-order valence-electron chi connectivity index (χ4n) is 1.72. The molecule has 1 amide bonds. The number of hydrogen-bond acceptors (Lipinski definition) is 2. The SMILES string of the molecule is CC(=O)N(C)C(CCCN=C(N)N)C(C)C. The van der Waals surface area contributed by atoms with Crippen molar-refractivity contribution in [2.75, 3.05) is 13.6 Å². The molecular formula is C11H24N4O. The fourth-order valence-corrected chi connectivity index (χ4v) is 1.72. The van der Waals surface area contributed by atoms with Crippen molar-refractivity contribution >= 4 is 11.9 Å². The third-order valence-corrected chi connectivity index (χ3v) is 2.72. The van der Waals surface area contributed by atoms with Crippen molar-refractivity contribution in [2.45, 2.75) is 39.7 Å². The second-order valence-electron chi connectivity index (χ2n) is 4.39. The molecule has 0 radical (unpaired) electrons. The lowest BCUT2D eigenvalue weighted by molar-refractivity contribution is -0.130. The number of carbonyl (C=O) groups excluding carboxylic acids is 1. The van der Waals surface area contributed by atoms with E-state index in [1.165, 1.54) is 0 Å². The minimum absolute atomic E-state index is 0.0977. The van der Waals surface area contributed by atoms with Crippen LogP contribution in [0.25, 0.3) is 0 Å². The lowest BCUT2D eigenvalue weighted by atomic mass is 9.98. The molecule has 0 bridgehead atoms. The first-order chi connectivity index (χ1) is 7.36. The summed E-state index contributed by atoms with van der Waals surface area (Å²) in [7, 11) is 1.84. The van der Waals surface area contributed by atoms with Crippen LogP contribution in [0.4, 0.5) is 0 Å². The van der Waals surface area contributed by atoms with Gasteiger partial charge in [-0.3, -0.25) is 9.79 Å². The molecule has 0 aliphatic carbocycles. The Morgan fingerprint density at radius 1 is 1.38 bits per heavy atom. The Bertz CT molecular complexity index is 246. The predicted molar refractivity (Wildman–Crippen MR) is 67.0 cm³/mol. The van der Waals surface area contributed by atoms with E-state index in [2.05, 4.69) is 18.8 Å². The van der Waals surface area contributed by atoms with Gasteiger partial charge in [0.25, 0.3) is 0 Å². The summed E-state index contributed by atoms with van der Waals surface area (Å²) < 4.78 is 0. The molecule has 0 rings (SSSR count). The first-order valence-electron chi connectivity index (χ1n) is 5.65. The maximum absolute atomic E-state index is 11.3. The summed E-state index contributed by atoms with van der Waals surface area (Å²) >= 11 is 0.